The Balaban J connectivity index is 0.000000194. The number of aryl methyl sites for hydroxylation is 1. The van der Waals surface area contributed by atoms with Crippen molar-refractivity contribution in [2.24, 2.45) is 0 Å². The van der Waals surface area contributed by atoms with E-state index in [0.29, 0.717) is 71.3 Å². The van der Waals surface area contributed by atoms with E-state index < -0.39 is 12.7 Å². The maximum atomic E-state index is 12.7. The largest absolute Gasteiger partial charge is 0.573 e. The molecular formula is C39H33Cl2F6IN4O4. The van der Waals surface area contributed by atoms with E-state index in [0.717, 1.165) is 20.5 Å². The zero-order chi connectivity index (χ0) is 40.4. The molecule has 3 aromatic carbocycles. The summed E-state index contributed by atoms with van der Waals surface area (Å²) in [6.07, 6.45) is -8.23. The number of hydrogen-bond donors (Lipinski definition) is 2. The Labute approximate surface area is 341 Å². The number of carbonyl (C=O) groups is 2. The molecule has 2 aliphatic heterocycles. The first kappa shape index (κ1) is 41.3. The van der Waals surface area contributed by atoms with Crippen molar-refractivity contribution in [2.75, 3.05) is 24.8 Å². The smallest absolute Gasteiger partial charge is 0.406 e. The molecule has 0 saturated heterocycles. The highest BCUT2D eigenvalue weighted by Crippen LogP contribution is 2.41. The highest BCUT2D eigenvalue weighted by atomic mass is 127. The first-order chi connectivity index (χ1) is 26.6. The summed E-state index contributed by atoms with van der Waals surface area (Å²) in [6, 6.07) is 22.7. The van der Waals surface area contributed by atoms with E-state index in [1.54, 1.807) is 24.3 Å². The van der Waals surface area contributed by atoms with Crippen LogP contribution in [-0.2, 0) is 0 Å². The molecule has 2 atom stereocenters. The minimum absolute atomic E-state index is 0.0143. The molecule has 0 aliphatic carbocycles. The van der Waals surface area contributed by atoms with Crippen LogP contribution in [0, 0.1) is 10.6 Å². The molecule has 0 spiro atoms. The van der Waals surface area contributed by atoms with Crippen molar-refractivity contribution in [3.05, 3.63) is 106 Å². The van der Waals surface area contributed by atoms with Gasteiger partial charge in [-0.25, -0.2) is 0 Å². The van der Waals surface area contributed by atoms with Gasteiger partial charge in [0.1, 0.15) is 22.9 Å². The molecule has 2 aliphatic rings. The van der Waals surface area contributed by atoms with Crippen molar-refractivity contribution in [2.45, 2.75) is 44.6 Å². The Kier molecular flexibility index (Phi) is 12.5. The number of rotatable bonds is 9. The van der Waals surface area contributed by atoms with E-state index in [9.17, 15) is 35.9 Å². The van der Waals surface area contributed by atoms with Crippen molar-refractivity contribution in [3.8, 4) is 45.0 Å². The van der Waals surface area contributed by atoms with Gasteiger partial charge in [-0.05, 0) is 102 Å². The van der Waals surface area contributed by atoms with Gasteiger partial charge in [-0.15, -0.1) is 49.5 Å². The summed E-state index contributed by atoms with van der Waals surface area (Å²) < 4.78 is 88.3. The van der Waals surface area contributed by atoms with Crippen molar-refractivity contribution >= 4 is 57.6 Å². The molecule has 0 fully saturated rings. The number of hydrogen-bond acceptors (Lipinski definition) is 4. The molecule has 0 saturated carbocycles. The van der Waals surface area contributed by atoms with E-state index in [-0.39, 0.29) is 35.4 Å². The van der Waals surface area contributed by atoms with E-state index in [4.69, 9.17) is 23.2 Å². The van der Waals surface area contributed by atoms with Gasteiger partial charge < -0.3 is 29.2 Å². The lowest BCUT2D eigenvalue weighted by Crippen LogP contribution is -2.39. The summed E-state index contributed by atoms with van der Waals surface area (Å²) in [5.74, 6) is -0.196. The summed E-state index contributed by atoms with van der Waals surface area (Å²) in [6.45, 7) is 2.87. The summed E-state index contributed by atoms with van der Waals surface area (Å²) in [7, 11) is 0. The molecule has 2 N–H and O–H groups in total. The first-order valence-corrected chi connectivity index (χ1v) is 19.3. The van der Waals surface area contributed by atoms with Gasteiger partial charge >= 0.3 is 12.7 Å². The van der Waals surface area contributed by atoms with Crippen LogP contribution >= 0.6 is 45.8 Å². The number of ether oxygens (including phenoxy) is 2. The standard InChI is InChI=1S/C23H20ClF3N2O2.C16H13ClF3IN2O2/c1-14-4-2-6-16(10-14)21-19(15-5-3-7-18(11-15)31-23(25,26)27)12-20-22(30)28-13-17(8-9-24)29(20)21;17-5-4-10-8-22-15(24)13-7-12(14(21)23(10)13)9-2-1-3-11(6-9)25-16(18,19)20/h2-7,10-12,17H,8-9,13H2,1H3,(H,28,30);1-3,6-7,10H,4-5,8H2,(H,22,24). The van der Waals surface area contributed by atoms with Crippen LogP contribution in [0.4, 0.5) is 26.3 Å². The second-order valence-corrected chi connectivity index (χ2v) is 14.7. The molecular weight excluding hydrogens is 900 g/mol. The maximum absolute atomic E-state index is 12.7. The van der Waals surface area contributed by atoms with Gasteiger partial charge in [0, 0.05) is 36.0 Å². The predicted octanol–water partition coefficient (Wildman–Crippen LogP) is 10.5. The zero-order valence-electron chi connectivity index (χ0n) is 29.4. The van der Waals surface area contributed by atoms with Crippen LogP contribution in [0.25, 0.3) is 33.5 Å². The summed E-state index contributed by atoms with van der Waals surface area (Å²) >= 11 is 14.0. The Morgan fingerprint density at radius 3 is 1.66 bits per heavy atom. The quantitative estimate of drug-likeness (QED) is 0.0876. The summed E-state index contributed by atoms with van der Waals surface area (Å²) in [5, 5.41) is 5.69. The van der Waals surface area contributed by atoms with Crippen LogP contribution in [0.3, 0.4) is 0 Å². The topological polar surface area (TPSA) is 86.5 Å². The molecule has 7 rings (SSSR count). The van der Waals surface area contributed by atoms with Gasteiger partial charge in [-0.3, -0.25) is 9.59 Å². The van der Waals surface area contributed by atoms with Crippen molar-refractivity contribution in [3.63, 3.8) is 0 Å². The average Bonchev–Trinajstić information content (AvgIpc) is 3.70. The molecule has 56 heavy (non-hydrogen) atoms. The van der Waals surface area contributed by atoms with Gasteiger partial charge in [-0.2, -0.15) is 0 Å². The third-order valence-corrected chi connectivity index (χ3v) is 10.7. The van der Waals surface area contributed by atoms with E-state index in [1.807, 2.05) is 40.3 Å². The van der Waals surface area contributed by atoms with Gasteiger partial charge in [0.05, 0.1) is 21.5 Å². The van der Waals surface area contributed by atoms with Gasteiger partial charge in [0.2, 0.25) is 0 Å². The fourth-order valence-electron chi connectivity index (χ4n) is 6.84. The van der Waals surface area contributed by atoms with Crippen LogP contribution in [0.15, 0.2) is 84.9 Å². The van der Waals surface area contributed by atoms with E-state index >= 15 is 0 Å². The number of alkyl halides is 8. The maximum Gasteiger partial charge on any atom is 0.573 e. The Morgan fingerprint density at radius 1 is 0.679 bits per heavy atom. The van der Waals surface area contributed by atoms with Crippen molar-refractivity contribution in [1.29, 1.82) is 0 Å². The Morgan fingerprint density at radius 2 is 1.14 bits per heavy atom. The number of nitrogens with zero attached hydrogens (tertiary/aromatic N) is 2. The molecule has 8 nitrogen and oxygen atoms in total. The number of carbonyl (C=O) groups excluding carboxylic acids is 2. The number of halogens is 9. The number of nitrogens with one attached hydrogen (secondary N) is 2. The lowest BCUT2D eigenvalue weighted by atomic mass is 9.99. The zero-order valence-corrected chi connectivity index (χ0v) is 33.1. The van der Waals surface area contributed by atoms with Crippen LogP contribution in [0.1, 0.15) is 51.5 Å². The normalized spacial score (nSPS) is 16.5. The van der Waals surface area contributed by atoms with Gasteiger partial charge in [-0.1, -0.05) is 48.0 Å². The lowest BCUT2D eigenvalue weighted by molar-refractivity contribution is -0.275. The van der Waals surface area contributed by atoms with Gasteiger partial charge in [0.15, 0.2) is 0 Å². The SMILES string of the molecule is Cc1cccc(-c2c(-c3cccc(OC(F)(F)F)c3)cc3n2C(CCCl)CNC3=O)c1.O=C1NCC(CCCl)n2c1cc(-c1cccc(OC(F)(F)F)c1)c2I. The van der Waals surface area contributed by atoms with Crippen LogP contribution in [0.2, 0.25) is 0 Å². The number of aromatic nitrogens is 2. The molecule has 0 radical (unpaired) electrons. The second kappa shape index (κ2) is 17.0. The monoisotopic (exact) mass is 932 g/mol. The fourth-order valence-corrected chi connectivity index (χ4v) is 8.47. The van der Waals surface area contributed by atoms with E-state index in [2.05, 4.69) is 42.7 Å². The molecule has 5 aromatic rings. The minimum Gasteiger partial charge on any atom is -0.406 e. The predicted molar refractivity (Wildman–Crippen MR) is 209 cm³/mol. The minimum atomic E-state index is -4.79. The highest BCUT2D eigenvalue weighted by Gasteiger charge is 2.34. The van der Waals surface area contributed by atoms with Crippen molar-refractivity contribution in [1.82, 2.24) is 19.8 Å². The van der Waals surface area contributed by atoms with Gasteiger partial charge in [0.25, 0.3) is 11.8 Å². The molecule has 2 amide bonds. The van der Waals surface area contributed by atoms with Crippen LogP contribution < -0.4 is 20.1 Å². The highest BCUT2D eigenvalue weighted by molar-refractivity contribution is 14.1. The third kappa shape index (κ3) is 9.43. The third-order valence-electron chi connectivity index (χ3n) is 9.14. The van der Waals surface area contributed by atoms with Crippen LogP contribution in [-0.4, -0.2) is 58.5 Å². The van der Waals surface area contributed by atoms with Crippen molar-refractivity contribution < 1.29 is 45.4 Å². The molecule has 4 heterocycles. The first-order valence-electron chi connectivity index (χ1n) is 17.2. The second-order valence-electron chi connectivity index (χ2n) is 13.0. The Bertz CT molecular complexity index is 2240. The number of fused-ring (bicyclic) bond motifs is 2. The average molecular weight is 934 g/mol. The molecule has 2 aromatic heterocycles. The summed E-state index contributed by atoms with van der Waals surface area (Å²) in [4.78, 5) is 24.8. The molecule has 17 heteroatoms. The molecule has 0 bridgehead atoms. The Hall–Kier alpha value is -4.35. The van der Waals surface area contributed by atoms with Crippen LogP contribution in [0.5, 0.6) is 11.5 Å². The summed E-state index contributed by atoms with van der Waals surface area (Å²) in [5.41, 5.74) is 6.01. The van der Waals surface area contributed by atoms with E-state index in [1.165, 1.54) is 36.4 Å². The molecule has 296 valence electrons. The number of benzene rings is 3. The molecule has 2 unspecified atom stereocenters. The fraction of sp³-hybridized carbons (Fsp3) is 0.282. The number of amides is 2. The lowest BCUT2D eigenvalue weighted by Gasteiger charge is -2.28.